The Morgan fingerprint density at radius 1 is 1.07 bits per heavy atom. The minimum Gasteiger partial charge on any atom is -0.339 e. The predicted molar refractivity (Wildman–Crippen MR) is 110 cm³/mol. The van der Waals surface area contributed by atoms with E-state index in [1.54, 1.807) is 12.5 Å². The maximum atomic E-state index is 6.55. The van der Waals surface area contributed by atoms with E-state index in [1.807, 2.05) is 35.0 Å². The molecule has 0 spiro atoms. The van der Waals surface area contributed by atoms with Crippen LogP contribution >= 0.6 is 11.6 Å². The third-order valence-electron chi connectivity index (χ3n) is 5.13. The van der Waals surface area contributed by atoms with Gasteiger partial charge in [0.2, 0.25) is 5.79 Å². The number of nitrogens with zero attached hydrogens (tertiary/aromatic N) is 2. The molecule has 146 valence electrons. The van der Waals surface area contributed by atoms with Crippen LogP contribution in [-0.2, 0) is 27.2 Å². The van der Waals surface area contributed by atoms with Crippen molar-refractivity contribution in [2.24, 2.45) is 0 Å². The third-order valence-corrected chi connectivity index (χ3v) is 5.39. The SMILES string of the molecule is CC(C)(C)c1ccc(C2(c3ccc(Cl)cc3)OCC(Cn3ccnc3)O2)cc1. The summed E-state index contributed by atoms with van der Waals surface area (Å²) in [5, 5.41) is 0.690. The molecule has 2 atom stereocenters. The van der Waals surface area contributed by atoms with Crippen molar-refractivity contribution in [2.75, 3.05) is 6.61 Å². The molecule has 2 aromatic carbocycles. The standard InChI is InChI=1S/C23H25ClN2O2/c1-22(2,3)17-4-6-18(7-5-17)23(19-8-10-20(24)11-9-19)27-15-21(28-23)14-26-13-12-25-16-26/h4-13,16,21H,14-15H2,1-3H3. The van der Waals surface area contributed by atoms with Crippen LogP contribution in [0.1, 0.15) is 37.5 Å². The zero-order valence-electron chi connectivity index (χ0n) is 16.4. The first-order chi connectivity index (χ1) is 13.4. The van der Waals surface area contributed by atoms with Crippen molar-refractivity contribution in [1.82, 2.24) is 9.55 Å². The fourth-order valence-electron chi connectivity index (χ4n) is 3.56. The lowest BCUT2D eigenvalue weighted by molar-refractivity contribution is -0.144. The van der Waals surface area contributed by atoms with Crippen LogP contribution in [0.5, 0.6) is 0 Å². The normalized spacial score (nSPS) is 22.5. The Balaban J connectivity index is 1.69. The fourth-order valence-corrected chi connectivity index (χ4v) is 3.69. The molecule has 4 rings (SSSR count). The zero-order chi connectivity index (χ0) is 19.8. The Labute approximate surface area is 171 Å². The van der Waals surface area contributed by atoms with Gasteiger partial charge in [0, 0.05) is 28.5 Å². The molecule has 0 saturated carbocycles. The van der Waals surface area contributed by atoms with Crippen LogP contribution in [0, 0.1) is 0 Å². The maximum Gasteiger partial charge on any atom is 0.222 e. The van der Waals surface area contributed by atoms with Gasteiger partial charge in [-0.25, -0.2) is 4.98 Å². The van der Waals surface area contributed by atoms with Crippen LogP contribution in [-0.4, -0.2) is 22.3 Å². The van der Waals surface area contributed by atoms with Gasteiger partial charge in [-0.15, -0.1) is 0 Å². The number of hydrogen-bond donors (Lipinski definition) is 0. The largest absolute Gasteiger partial charge is 0.339 e. The molecule has 28 heavy (non-hydrogen) atoms. The van der Waals surface area contributed by atoms with Gasteiger partial charge < -0.3 is 14.0 Å². The molecular formula is C23H25ClN2O2. The number of imidazole rings is 1. The molecule has 1 fully saturated rings. The van der Waals surface area contributed by atoms with E-state index in [9.17, 15) is 0 Å². The lowest BCUT2D eigenvalue weighted by Gasteiger charge is -2.30. The van der Waals surface area contributed by atoms with Crippen molar-refractivity contribution < 1.29 is 9.47 Å². The highest BCUT2D eigenvalue weighted by molar-refractivity contribution is 6.30. The quantitative estimate of drug-likeness (QED) is 0.611. The van der Waals surface area contributed by atoms with E-state index < -0.39 is 5.79 Å². The predicted octanol–water partition coefficient (Wildman–Crippen LogP) is 5.15. The van der Waals surface area contributed by atoms with Crippen LogP contribution in [0.4, 0.5) is 0 Å². The van der Waals surface area contributed by atoms with Crippen LogP contribution in [0.25, 0.3) is 0 Å². The zero-order valence-corrected chi connectivity index (χ0v) is 17.2. The van der Waals surface area contributed by atoms with Gasteiger partial charge in [0.15, 0.2) is 0 Å². The first-order valence-corrected chi connectivity index (χ1v) is 9.89. The summed E-state index contributed by atoms with van der Waals surface area (Å²) in [5.41, 5.74) is 3.28. The third kappa shape index (κ3) is 3.72. The summed E-state index contributed by atoms with van der Waals surface area (Å²) < 4.78 is 14.9. The van der Waals surface area contributed by atoms with Gasteiger partial charge in [-0.3, -0.25) is 0 Å². The molecule has 3 aromatic rings. The molecule has 1 aliphatic heterocycles. The van der Waals surface area contributed by atoms with Gasteiger partial charge in [-0.2, -0.15) is 0 Å². The highest BCUT2D eigenvalue weighted by Crippen LogP contribution is 2.41. The minimum absolute atomic E-state index is 0.0767. The summed E-state index contributed by atoms with van der Waals surface area (Å²) in [7, 11) is 0. The van der Waals surface area contributed by atoms with Crippen molar-refractivity contribution in [3.8, 4) is 0 Å². The van der Waals surface area contributed by atoms with Gasteiger partial charge in [-0.05, 0) is 23.1 Å². The Hall–Kier alpha value is -2.14. The molecular weight excluding hydrogens is 372 g/mol. The second-order valence-electron chi connectivity index (χ2n) is 8.26. The van der Waals surface area contributed by atoms with Gasteiger partial charge in [0.05, 0.1) is 19.5 Å². The number of rotatable bonds is 4. The molecule has 2 heterocycles. The molecule has 0 amide bonds. The second-order valence-corrected chi connectivity index (χ2v) is 8.70. The van der Waals surface area contributed by atoms with Crippen molar-refractivity contribution in [3.05, 3.63) is 89.0 Å². The van der Waals surface area contributed by atoms with E-state index in [-0.39, 0.29) is 11.5 Å². The Morgan fingerprint density at radius 3 is 2.29 bits per heavy atom. The van der Waals surface area contributed by atoms with Crippen molar-refractivity contribution in [2.45, 2.75) is 44.6 Å². The van der Waals surface area contributed by atoms with Crippen LogP contribution in [0.3, 0.4) is 0 Å². The molecule has 1 aliphatic rings. The maximum absolute atomic E-state index is 6.55. The molecule has 1 aromatic heterocycles. The van der Waals surface area contributed by atoms with Crippen molar-refractivity contribution >= 4 is 11.6 Å². The van der Waals surface area contributed by atoms with Gasteiger partial charge in [0.1, 0.15) is 6.10 Å². The second kappa shape index (κ2) is 7.36. The van der Waals surface area contributed by atoms with E-state index in [0.717, 1.165) is 11.1 Å². The summed E-state index contributed by atoms with van der Waals surface area (Å²) in [6.45, 7) is 7.82. The lowest BCUT2D eigenvalue weighted by atomic mass is 9.85. The summed E-state index contributed by atoms with van der Waals surface area (Å²) >= 11 is 6.11. The van der Waals surface area contributed by atoms with E-state index in [2.05, 4.69) is 50.0 Å². The van der Waals surface area contributed by atoms with E-state index in [1.165, 1.54) is 5.56 Å². The summed E-state index contributed by atoms with van der Waals surface area (Å²) in [6.07, 6.45) is 5.42. The van der Waals surface area contributed by atoms with E-state index in [0.29, 0.717) is 18.2 Å². The number of halogens is 1. The molecule has 2 unspecified atom stereocenters. The average Bonchev–Trinajstić information content (AvgIpc) is 3.33. The fraction of sp³-hybridized carbons (Fsp3) is 0.348. The van der Waals surface area contributed by atoms with Crippen LogP contribution in [0.15, 0.2) is 67.3 Å². The Morgan fingerprint density at radius 2 is 1.71 bits per heavy atom. The minimum atomic E-state index is -0.938. The highest BCUT2D eigenvalue weighted by Gasteiger charge is 2.45. The topological polar surface area (TPSA) is 36.3 Å². The summed E-state index contributed by atoms with van der Waals surface area (Å²) in [6, 6.07) is 16.2. The average molecular weight is 397 g/mol. The molecule has 0 N–H and O–H groups in total. The van der Waals surface area contributed by atoms with Crippen molar-refractivity contribution in [1.29, 1.82) is 0 Å². The summed E-state index contributed by atoms with van der Waals surface area (Å²) in [5.74, 6) is -0.938. The lowest BCUT2D eigenvalue weighted by Crippen LogP contribution is -2.30. The Bertz CT molecular complexity index is 915. The van der Waals surface area contributed by atoms with E-state index >= 15 is 0 Å². The van der Waals surface area contributed by atoms with Crippen LogP contribution < -0.4 is 0 Å². The molecule has 0 aliphatic carbocycles. The molecule has 0 radical (unpaired) electrons. The monoisotopic (exact) mass is 396 g/mol. The first-order valence-electron chi connectivity index (χ1n) is 9.51. The molecule has 0 bridgehead atoms. The first kappa shape index (κ1) is 19.2. The number of hydrogen-bond acceptors (Lipinski definition) is 3. The summed E-state index contributed by atoms with van der Waals surface area (Å²) in [4.78, 5) is 4.11. The van der Waals surface area contributed by atoms with Crippen LogP contribution in [0.2, 0.25) is 5.02 Å². The molecule has 5 heteroatoms. The number of ether oxygens (including phenoxy) is 2. The highest BCUT2D eigenvalue weighted by atomic mass is 35.5. The van der Waals surface area contributed by atoms with Gasteiger partial charge >= 0.3 is 0 Å². The number of aromatic nitrogens is 2. The van der Waals surface area contributed by atoms with Gasteiger partial charge in [-0.1, -0.05) is 68.8 Å². The smallest absolute Gasteiger partial charge is 0.222 e. The van der Waals surface area contributed by atoms with Crippen molar-refractivity contribution in [3.63, 3.8) is 0 Å². The van der Waals surface area contributed by atoms with E-state index in [4.69, 9.17) is 21.1 Å². The van der Waals surface area contributed by atoms with Gasteiger partial charge in [0.25, 0.3) is 0 Å². The molecule has 4 nitrogen and oxygen atoms in total. The molecule has 1 saturated heterocycles. The Kier molecular flexibility index (Phi) is 5.04. The number of benzene rings is 2.